The van der Waals surface area contributed by atoms with Crippen LogP contribution in [-0.4, -0.2) is 47.0 Å². The van der Waals surface area contributed by atoms with Crippen LogP contribution in [0.1, 0.15) is 12.0 Å². The first-order valence-corrected chi connectivity index (χ1v) is 13.3. The minimum Gasteiger partial charge on any atom is -0.368 e. The van der Waals surface area contributed by atoms with E-state index in [2.05, 4.69) is 49.4 Å². The second kappa shape index (κ2) is 11.3. The van der Waals surface area contributed by atoms with Gasteiger partial charge in [0.2, 0.25) is 5.91 Å². The third-order valence-corrected chi connectivity index (χ3v) is 7.15. The normalized spacial score (nSPS) is 13.4. The van der Waals surface area contributed by atoms with Crippen molar-refractivity contribution in [2.45, 2.75) is 12.8 Å². The lowest BCUT2D eigenvalue weighted by Crippen LogP contribution is -2.46. The SMILES string of the molecule is O=C(CCc1ccccc1)Nc1ccc(-c2ccc3ncc(N4CCN(c5ccncc5)CC4)nc3c2)cc1. The van der Waals surface area contributed by atoms with E-state index in [1.54, 1.807) is 0 Å². The number of nitrogens with one attached hydrogen (secondary N) is 1. The van der Waals surface area contributed by atoms with Crippen molar-refractivity contribution in [3.63, 3.8) is 0 Å². The number of piperazine rings is 1. The lowest BCUT2D eigenvalue weighted by atomic mass is 10.0. The van der Waals surface area contributed by atoms with E-state index in [9.17, 15) is 4.79 Å². The average Bonchev–Trinajstić information content (AvgIpc) is 3.01. The Morgan fingerprint density at radius 2 is 1.49 bits per heavy atom. The predicted molar refractivity (Wildman–Crippen MR) is 157 cm³/mol. The number of hydrogen-bond donors (Lipinski definition) is 1. The first-order valence-electron chi connectivity index (χ1n) is 13.3. The molecule has 0 spiro atoms. The van der Waals surface area contributed by atoms with Crippen molar-refractivity contribution < 1.29 is 4.79 Å². The summed E-state index contributed by atoms with van der Waals surface area (Å²) in [4.78, 5) is 30.8. The van der Waals surface area contributed by atoms with Gasteiger partial charge >= 0.3 is 0 Å². The van der Waals surface area contributed by atoms with Gasteiger partial charge in [0.25, 0.3) is 0 Å². The number of hydrogen-bond acceptors (Lipinski definition) is 6. The smallest absolute Gasteiger partial charge is 0.224 e. The van der Waals surface area contributed by atoms with Crippen LogP contribution in [0.5, 0.6) is 0 Å². The number of pyridine rings is 1. The Labute approximate surface area is 228 Å². The van der Waals surface area contributed by atoms with Crippen LogP contribution in [0.3, 0.4) is 0 Å². The molecule has 194 valence electrons. The zero-order valence-electron chi connectivity index (χ0n) is 21.7. The molecular weight excluding hydrogens is 484 g/mol. The lowest BCUT2D eigenvalue weighted by molar-refractivity contribution is -0.116. The summed E-state index contributed by atoms with van der Waals surface area (Å²) in [5.74, 6) is 0.921. The Morgan fingerprint density at radius 1 is 0.769 bits per heavy atom. The molecule has 1 amide bonds. The van der Waals surface area contributed by atoms with Gasteiger partial charge in [0.15, 0.2) is 0 Å². The number of carbonyl (C=O) groups excluding carboxylic acids is 1. The molecule has 0 saturated carbocycles. The van der Waals surface area contributed by atoms with Gasteiger partial charge in [-0.3, -0.25) is 14.8 Å². The molecule has 0 atom stereocenters. The molecule has 1 aliphatic heterocycles. The van der Waals surface area contributed by atoms with Crippen LogP contribution in [0.4, 0.5) is 17.2 Å². The molecule has 1 saturated heterocycles. The summed E-state index contributed by atoms with van der Waals surface area (Å²) in [7, 11) is 0. The fourth-order valence-corrected chi connectivity index (χ4v) is 4.95. The molecule has 0 bridgehead atoms. The third kappa shape index (κ3) is 5.88. The van der Waals surface area contributed by atoms with Gasteiger partial charge in [-0.05, 0) is 59.5 Å². The van der Waals surface area contributed by atoms with E-state index < -0.39 is 0 Å². The van der Waals surface area contributed by atoms with Crippen molar-refractivity contribution >= 4 is 34.1 Å². The highest BCUT2D eigenvalue weighted by molar-refractivity contribution is 5.91. The molecule has 2 aromatic heterocycles. The minimum atomic E-state index is 0.0155. The Balaban J connectivity index is 1.10. The molecule has 5 aromatic rings. The van der Waals surface area contributed by atoms with E-state index in [0.29, 0.717) is 6.42 Å². The third-order valence-electron chi connectivity index (χ3n) is 7.15. The van der Waals surface area contributed by atoms with Crippen molar-refractivity contribution in [3.05, 3.63) is 109 Å². The van der Waals surface area contributed by atoms with Crippen LogP contribution >= 0.6 is 0 Å². The summed E-state index contributed by atoms with van der Waals surface area (Å²) in [6.45, 7) is 3.64. The number of fused-ring (bicyclic) bond motifs is 1. The zero-order chi connectivity index (χ0) is 26.4. The molecule has 0 unspecified atom stereocenters. The maximum atomic E-state index is 12.4. The number of anilines is 3. The van der Waals surface area contributed by atoms with E-state index >= 15 is 0 Å². The molecule has 39 heavy (non-hydrogen) atoms. The highest BCUT2D eigenvalue weighted by atomic mass is 16.1. The van der Waals surface area contributed by atoms with Crippen LogP contribution in [0.25, 0.3) is 22.2 Å². The van der Waals surface area contributed by atoms with Crippen LogP contribution in [0, 0.1) is 0 Å². The van der Waals surface area contributed by atoms with Crippen molar-refractivity contribution in [1.29, 1.82) is 0 Å². The lowest BCUT2D eigenvalue weighted by Gasteiger charge is -2.36. The summed E-state index contributed by atoms with van der Waals surface area (Å²) in [5.41, 5.74) is 7.05. The monoisotopic (exact) mass is 514 g/mol. The number of aryl methyl sites for hydroxylation is 1. The summed E-state index contributed by atoms with van der Waals surface area (Å²) in [5, 5.41) is 3.00. The molecule has 7 heteroatoms. The number of nitrogens with zero attached hydrogens (tertiary/aromatic N) is 5. The maximum Gasteiger partial charge on any atom is 0.224 e. The quantitative estimate of drug-likeness (QED) is 0.305. The highest BCUT2D eigenvalue weighted by Gasteiger charge is 2.19. The number of carbonyl (C=O) groups is 1. The van der Waals surface area contributed by atoms with Crippen molar-refractivity contribution in [2.24, 2.45) is 0 Å². The van der Waals surface area contributed by atoms with E-state index in [-0.39, 0.29) is 5.91 Å². The van der Waals surface area contributed by atoms with Gasteiger partial charge in [0.05, 0.1) is 17.2 Å². The Morgan fingerprint density at radius 3 is 2.26 bits per heavy atom. The summed E-state index contributed by atoms with van der Waals surface area (Å²) < 4.78 is 0. The van der Waals surface area contributed by atoms with Crippen molar-refractivity contribution in [3.8, 4) is 11.1 Å². The van der Waals surface area contributed by atoms with Gasteiger partial charge in [-0.15, -0.1) is 0 Å². The highest BCUT2D eigenvalue weighted by Crippen LogP contribution is 2.26. The molecule has 6 rings (SSSR count). The fraction of sp³-hybridized carbons (Fsp3) is 0.188. The predicted octanol–water partition coefficient (Wildman–Crippen LogP) is 5.59. The minimum absolute atomic E-state index is 0.0155. The molecule has 3 heterocycles. The molecule has 0 aliphatic carbocycles. The standard InChI is InChI=1S/C32H30N6O/c39-32(13-6-24-4-2-1-3-5-24)35-27-10-7-25(8-11-27)26-9-12-29-30(22-26)36-31(23-34-29)38-20-18-37(19-21-38)28-14-16-33-17-15-28/h1-5,7-12,14-17,22-23H,6,13,18-21H2,(H,35,39). The van der Waals surface area contributed by atoms with Crippen LogP contribution in [0.15, 0.2) is 104 Å². The topological polar surface area (TPSA) is 74.2 Å². The van der Waals surface area contributed by atoms with Crippen LogP contribution < -0.4 is 15.1 Å². The van der Waals surface area contributed by atoms with Gasteiger partial charge in [-0.1, -0.05) is 48.5 Å². The number of aromatic nitrogens is 3. The summed E-state index contributed by atoms with van der Waals surface area (Å²) in [6, 6.07) is 28.3. The van der Waals surface area contributed by atoms with E-state index in [1.807, 2.05) is 79.3 Å². The summed E-state index contributed by atoms with van der Waals surface area (Å²) in [6.07, 6.45) is 6.73. The first-order chi connectivity index (χ1) is 19.2. The summed E-state index contributed by atoms with van der Waals surface area (Å²) >= 11 is 0. The van der Waals surface area contributed by atoms with Gasteiger partial charge in [-0.25, -0.2) is 4.98 Å². The van der Waals surface area contributed by atoms with Crippen LogP contribution in [0.2, 0.25) is 0 Å². The Kier molecular flexibility index (Phi) is 7.12. The van der Waals surface area contributed by atoms with Gasteiger partial charge in [0.1, 0.15) is 5.82 Å². The molecule has 3 aromatic carbocycles. The van der Waals surface area contributed by atoms with E-state index in [0.717, 1.165) is 71.8 Å². The molecule has 0 radical (unpaired) electrons. The Bertz CT molecular complexity index is 1550. The fourth-order valence-electron chi connectivity index (χ4n) is 4.95. The molecule has 1 N–H and O–H groups in total. The largest absolute Gasteiger partial charge is 0.368 e. The van der Waals surface area contributed by atoms with Gasteiger partial charge in [-0.2, -0.15) is 0 Å². The second-order valence-corrected chi connectivity index (χ2v) is 9.72. The van der Waals surface area contributed by atoms with Crippen molar-refractivity contribution in [1.82, 2.24) is 15.0 Å². The molecule has 7 nitrogen and oxygen atoms in total. The zero-order valence-corrected chi connectivity index (χ0v) is 21.7. The first kappa shape index (κ1) is 24.6. The molecule has 1 aliphatic rings. The van der Waals surface area contributed by atoms with Crippen LogP contribution in [-0.2, 0) is 11.2 Å². The van der Waals surface area contributed by atoms with Gasteiger partial charge < -0.3 is 15.1 Å². The number of rotatable bonds is 7. The molecular formula is C32H30N6O. The van der Waals surface area contributed by atoms with Crippen molar-refractivity contribution in [2.75, 3.05) is 41.3 Å². The number of amides is 1. The van der Waals surface area contributed by atoms with E-state index in [4.69, 9.17) is 4.98 Å². The van der Waals surface area contributed by atoms with E-state index in [1.165, 1.54) is 5.69 Å². The second-order valence-electron chi connectivity index (χ2n) is 9.72. The average molecular weight is 515 g/mol. The number of benzene rings is 3. The van der Waals surface area contributed by atoms with Gasteiger partial charge in [0, 0.05) is 56.4 Å². The maximum absolute atomic E-state index is 12.4. The Hall–Kier alpha value is -4.78. The molecule has 1 fully saturated rings.